The van der Waals surface area contributed by atoms with Gasteiger partial charge in [-0.05, 0) is 87.6 Å². The van der Waals surface area contributed by atoms with E-state index in [0.717, 1.165) is 48.8 Å². The second-order valence-electron chi connectivity index (χ2n) is 8.75. The Morgan fingerprint density at radius 3 is 1.50 bits per heavy atom. The molecule has 32 heavy (non-hydrogen) atoms. The van der Waals surface area contributed by atoms with E-state index in [2.05, 4.69) is 37.7 Å². The maximum absolute atomic E-state index is 13.1. The number of carbonyl (C=O) groups excluding carboxylic acids is 1. The van der Waals surface area contributed by atoms with E-state index in [0.29, 0.717) is 24.3 Å². The molecule has 174 valence electrons. The summed E-state index contributed by atoms with van der Waals surface area (Å²) in [6.07, 6.45) is 4.79. The second kappa shape index (κ2) is 12.0. The fourth-order valence-corrected chi connectivity index (χ4v) is 3.94. The van der Waals surface area contributed by atoms with Crippen molar-refractivity contribution < 1.29 is 14.3 Å². The molecule has 3 rings (SSSR count). The zero-order valence-corrected chi connectivity index (χ0v) is 20.2. The van der Waals surface area contributed by atoms with Crippen LogP contribution in [0.15, 0.2) is 36.4 Å². The fourth-order valence-electron chi connectivity index (χ4n) is 3.94. The zero-order chi connectivity index (χ0) is 22.9. The number of likely N-dealkylation sites (N-methyl/N-ethyl adjacent to an activating group) is 2. The molecule has 0 aromatic heterocycles. The number of fused-ring (bicyclic) bond motifs is 3. The van der Waals surface area contributed by atoms with Gasteiger partial charge in [0, 0.05) is 24.2 Å². The van der Waals surface area contributed by atoms with Crippen molar-refractivity contribution in [2.75, 3.05) is 53.5 Å². The summed E-state index contributed by atoms with van der Waals surface area (Å²) in [6.45, 7) is 9.54. The van der Waals surface area contributed by atoms with Crippen molar-refractivity contribution in [3.05, 3.63) is 47.5 Å². The molecule has 0 amide bonds. The summed E-state index contributed by atoms with van der Waals surface area (Å²) in [5, 5.41) is 0. The number of unbranched alkanes of at least 4 members (excludes halogenated alkanes) is 2. The third kappa shape index (κ3) is 6.33. The fraction of sp³-hybridized carbons (Fsp3) is 0.519. The quantitative estimate of drug-likeness (QED) is 0.349. The van der Waals surface area contributed by atoms with Crippen LogP contribution in [0.25, 0.3) is 11.1 Å². The van der Waals surface area contributed by atoms with Gasteiger partial charge in [-0.1, -0.05) is 26.7 Å². The van der Waals surface area contributed by atoms with Crippen LogP contribution in [0.4, 0.5) is 0 Å². The molecular weight excluding hydrogens is 400 g/mol. The first-order valence-electron chi connectivity index (χ1n) is 12.0. The monoisotopic (exact) mass is 438 g/mol. The highest BCUT2D eigenvalue weighted by Crippen LogP contribution is 2.39. The third-order valence-corrected chi connectivity index (χ3v) is 6.03. The van der Waals surface area contributed by atoms with Crippen molar-refractivity contribution in [3.63, 3.8) is 0 Å². The minimum atomic E-state index is 0.0472. The Morgan fingerprint density at radius 1 is 0.656 bits per heavy atom. The second-order valence-corrected chi connectivity index (χ2v) is 8.75. The highest BCUT2D eigenvalue weighted by Gasteiger charge is 2.27. The summed E-state index contributed by atoms with van der Waals surface area (Å²) in [5.74, 6) is 1.55. The maximum Gasteiger partial charge on any atom is 0.194 e. The minimum absolute atomic E-state index is 0.0472. The van der Waals surface area contributed by atoms with Gasteiger partial charge in [0.1, 0.15) is 24.7 Å². The summed E-state index contributed by atoms with van der Waals surface area (Å²) in [6, 6.07) is 11.7. The molecule has 1 aliphatic carbocycles. The topological polar surface area (TPSA) is 42.0 Å². The number of nitrogens with zero attached hydrogens (tertiary/aromatic N) is 2. The van der Waals surface area contributed by atoms with E-state index in [1.165, 1.54) is 25.7 Å². The lowest BCUT2D eigenvalue weighted by Gasteiger charge is -2.16. The molecule has 0 spiro atoms. The summed E-state index contributed by atoms with van der Waals surface area (Å²) in [4.78, 5) is 17.6. The van der Waals surface area contributed by atoms with Gasteiger partial charge in [0.15, 0.2) is 5.78 Å². The molecule has 0 unspecified atom stereocenters. The average Bonchev–Trinajstić information content (AvgIpc) is 3.07. The van der Waals surface area contributed by atoms with Gasteiger partial charge in [-0.2, -0.15) is 0 Å². The van der Waals surface area contributed by atoms with Gasteiger partial charge in [0.05, 0.1) is 0 Å². The van der Waals surface area contributed by atoms with E-state index >= 15 is 0 Å². The molecule has 2 aromatic carbocycles. The lowest BCUT2D eigenvalue weighted by Crippen LogP contribution is -2.25. The van der Waals surface area contributed by atoms with Crippen molar-refractivity contribution >= 4 is 5.78 Å². The van der Waals surface area contributed by atoms with E-state index in [1.807, 2.05) is 36.4 Å². The predicted octanol–water partition coefficient (Wildman–Crippen LogP) is 5.12. The molecule has 5 heteroatoms. The lowest BCUT2D eigenvalue weighted by molar-refractivity contribution is 0.104. The molecule has 0 saturated heterocycles. The molecule has 0 radical (unpaired) electrons. The molecule has 0 saturated carbocycles. The molecule has 0 N–H and O–H groups in total. The van der Waals surface area contributed by atoms with Gasteiger partial charge in [-0.3, -0.25) is 4.79 Å². The smallest absolute Gasteiger partial charge is 0.194 e. The summed E-state index contributed by atoms with van der Waals surface area (Å²) in [7, 11) is 4.23. The number of ketones is 1. The van der Waals surface area contributed by atoms with Gasteiger partial charge < -0.3 is 19.3 Å². The van der Waals surface area contributed by atoms with Crippen LogP contribution >= 0.6 is 0 Å². The van der Waals surface area contributed by atoms with Crippen molar-refractivity contribution in [2.45, 2.75) is 39.5 Å². The average molecular weight is 439 g/mol. The van der Waals surface area contributed by atoms with Gasteiger partial charge >= 0.3 is 0 Å². The zero-order valence-electron chi connectivity index (χ0n) is 20.2. The van der Waals surface area contributed by atoms with Gasteiger partial charge in [0.25, 0.3) is 0 Å². The number of rotatable bonds is 14. The first-order chi connectivity index (χ1) is 15.5. The summed E-state index contributed by atoms with van der Waals surface area (Å²) < 4.78 is 11.9. The Morgan fingerprint density at radius 2 is 1.09 bits per heavy atom. The normalized spacial score (nSPS) is 12.4. The standard InChI is InChI=1S/C27H38N2O3/c1-5-7-13-28(3)15-17-31-21-9-11-23-24-12-10-22(20-26(24)27(30)25(23)19-21)32-18-16-29(4)14-8-6-2/h9-12,19-20H,5-8,13-18H2,1-4H3. The highest BCUT2D eigenvalue weighted by molar-refractivity contribution is 6.22. The largest absolute Gasteiger partial charge is 0.492 e. The number of benzene rings is 2. The van der Waals surface area contributed by atoms with Crippen LogP contribution in [-0.4, -0.2) is 69.1 Å². The molecule has 1 aliphatic rings. The Balaban J connectivity index is 1.57. The molecule has 5 nitrogen and oxygen atoms in total. The molecule has 0 bridgehead atoms. The lowest BCUT2D eigenvalue weighted by atomic mass is 10.1. The van der Waals surface area contributed by atoms with Crippen molar-refractivity contribution in [1.29, 1.82) is 0 Å². The number of ether oxygens (including phenoxy) is 2. The van der Waals surface area contributed by atoms with Crippen LogP contribution in [0.2, 0.25) is 0 Å². The van der Waals surface area contributed by atoms with Crippen LogP contribution in [-0.2, 0) is 0 Å². The summed E-state index contributed by atoms with van der Waals surface area (Å²) in [5.41, 5.74) is 3.38. The summed E-state index contributed by atoms with van der Waals surface area (Å²) >= 11 is 0. The Bertz CT molecular complexity index is 825. The van der Waals surface area contributed by atoms with Gasteiger partial charge in [0.2, 0.25) is 0 Å². The maximum atomic E-state index is 13.1. The molecule has 0 heterocycles. The van der Waals surface area contributed by atoms with Crippen LogP contribution in [0, 0.1) is 0 Å². The van der Waals surface area contributed by atoms with Crippen LogP contribution in [0.1, 0.15) is 55.5 Å². The number of hydrogen-bond donors (Lipinski definition) is 0. The molecule has 0 fully saturated rings. The van der Waals surface area contributed by atoms with E-state index in [4.69, 9.17) is 9.47 Å². The van der Waals surface area contributed by atoms with Gasteiger partial charge in [-0.15, -0.1) is 0 Å². The van der Waals surface area contributed by atoms with E-state index in [1.54, 1.807) is 0 Å². The van der Waals surface area contributed by atoms with Crippen LogP contribution in [0.5, 0.6) is 11.5 Å². The Kier molecular flexibility index (Phi) is 9.12. The Hall–Kier alpha value is -2.37. The van der Waals surface area contributed by atoms with Crippen molar-refractivity contribution in [2.24, 2.45) is 0 Å². The van der Waals surface area contributed by atoms with Gasteiger partial charge in [-0.25, -0.2) is 0 Å². The molecule has 0 aliphatic heterocycles. The van der Waals surface area contributed by atoms with E-state index < -0.39 is 0 Å². The molecule has 0 atom stereocenters. The molecular formula is C27H38N2O3. The predicted molar refractivity (Wildman–Crippen MR) is 131 cm³/mol. The SMILES string of the molecule is CCCCN(C)CCOc1ccc2c(c1)C(=O)c1cc(OCCN(C)CCCC)ccc1-2. The van der Waals surface area contributed by atoms with Crippen molar-refractivity contribution in [1.82, 2.24) is 9.80 Å². The Labute approximate surface area is 193 Å². The first kappa shape index (κ1) is 24.3. The van der Waals surface area contributed by atoms with E-state index in [9.17, 15) is 4.79 Å². The highest BCUT2D eigenvalue weighted by atomic mass is 16.5. The van der Waals surface area contributed by atoms with E-state index in [-0.39, 0.29) is 5.78 Å². The third-order valence-electron chi connectivity index (χ3n) is 6.03. The first-order valence-corrected chi connectivity index (χ1v) is 12.0. The van der Waals surface area contributed by atoms with Crippen LogP contribution in [0.3, 0.4) is 0 Å². The number of carbonyl (C=O) groups is 1. The van der Waals surface area contributed by atoms with Crippen LogP contribution < -0.4 is 9.47 Å². The minimum Gasteiger partial charge on any atom is -0.492 e. The molecule has 2 aromatic rings. The van der Waals surface area contributed by atoms with Crippen molar-refractivity contribution in [3.8, 4) is 22.6 Å². The number of hydrogen-bond acceptors (Lipinski definition) is 5.